The number of nitrogens with zero attached hydrogens (tertiary/aromatic N) is 3. The van der Waals surface area contributed by atoms with E-state index in [4.69, 9.17) is 10.2 Å². The Bertz CT molecular complexity index is 1190. The number of hydrogen-bond acceptors (Lipinski definition) is 4. The Morgan fingerprint density at radius 1 is 0.970 bits per heavy atom. The molecule has 0 aliphatic carbocycles. The van der Waals surface area contributed by atoms with Crippen molar-refractivity contribution < 1.29 is 18.8 Å². The van der Waals surface area contributed by atoms with Gasteiger partial charge >= 0.3 is 0 Å². The maximum atomic E-state index is 12.9. The summed E-state index contributed by atoms with van der Waals surface area (Å²) in [6.07, 6.45) is 1.72. The van der Waals surface area contributed by atoms with Gasteiger partial charge < -0.3 is 20.0 Å². The largest absolute Gasteiger partial charge is 0.459 e. The van der Waals surface area contributed by atoms with Crippen LogP contribution >= 0.6 is 0 Å². The van der Waals surface area contributed by atoms with Gasteiger partial charge in [-0.15, -0.1) is 0 Å². The standard InChI is InChI=1S/C25H26N4O4/c1-17(30)21(16-19-8-4-7-18-6-2-3-9-20(18)19)23(31)27-25(26)29-13-11-28(12-14-29)24(32)22-10-5-15-33-22/h2-10,15,21H,11-14,16H2,1H3,(H2,26,27,31)/t21-/m1/s1. The van der Waals surface area contributed by atoms with Crippen LogP contribution in [0.25, 0.3) is 10.8 Å². The van der Waals surface area contributed by atoms with Crippen LogP contribution in [0.15, 0.2) is 70.3 Å². The summed E-state index contributed by atoms with van der Waals surface area (Å²) in [5.74, 6) is -1.54. The minimum absolute atomic E-state index is 0.0641. The van der Waals surface area contributed by atoms with E-state index >= 15 is 0 Å². The van der Waals surface area contributed by atoms with Gasteiger partial charge in [-0.1, -0.05) is 42.5 Å². The molecule has 8 nitrogen and oxygen atoms in total. The third-order valence-corrected chi connectivity index (χ3v) is 5.94. The van der Waals surface area contributed by atoms with E-state index in [9.17, 15) is 14.4 Å². The molecule has 1 saturated heterocycles. The highest BCUT2D eigenvalue weighted by molar-refractivity contribution is 6.05. The lowest BCUT2D eigenvalue weighted by Gasteiger charge is -2.34. The predicted octanol–water partition coefficient (Wildman–Crippen LogP) is 2.48. The SMILES string of the molecule is CC(=O)[C@@H](Cc1cccc2ccccc12)C(=O)N=C(N)N1CCN(C(=O)c2ccco2)CC1. The Balaban J connectivity index is 1.43. The molecule has 0 saturated carbocycles. The number of carbonyl (C=O) groups is 3. The zero-order valence-electron chi connectivity index (χ0n) is 18.4. The number of piperazine rings is 1. The second kappa shape index (κ2) is 9.68. The maximum absolute atomic E-state index is 12.9. The molecule has 3 aromatic rings. The molecule has 1 aliphatic heterocycles. The van der Waals surface area contributed by atoms with Crippen LogP contribution in [0.3, 0.4) is 0 Å². The highest BCUT2D eigenvalue weighted by Crippen LogP contribution is 2.22. The fourth-order valence-electron chi connectivity index (χ4n) is 4.05. The topological polar surface area (TPSA) is 109 Å². The molecule has 1 aliphatic rings. The average Bonchev–Trinajstić information content (AvgIpc) is 3.37. The number of ketones is 1. The molecular weight excluding hydrogens is 420 g/mol. The van der Waals surface area contributed by atoms with E-state index in [0.717, 1.165) is 16.3 Å². The number of aliphatic imine (C=N–C) groups is 1. The van der Waals surface area contributed by atoms with Crippen LogP contribution in [-0.2, 0) is 16.0 Å². The lowest BCUT2D eigenvalue weighted by atomic mass is 9.92. The van der Waals surface area contributed by atoms with E-state index in [1.54, 1.807) is 21.9 Å². The van der Waals surface area contributed by atoms with Crippen molar-refractivity contribution in [2.24, 2.45) is 16.6 Å². The lowest BCUT2D eigenvalue weighted by molar-refractivity contribution is -0.130. The van der Waals surface area contributed by atoms with Crippen molar-refractivity contribution in [3.05, 3.63) is 72.2 Å². The molecule has 170 valence electrons. The highest BCUT2D eigenvalue weighted by Gasteiger charge is 2.27. The summed E-state index contributed by atoms with van der Waals surface area (Å²) in [4.78, 5) is 45.1. The summed E-state index contributed by atoms with van der Waals surface area (Å²) in [6.45, 7) is 3.12. The van der Waals surface area contributed by atoms with Gasteiger partial charge in [0.1, 0.15) is 11.7 Å². The van der Waals surface area contributed by atoms with Gasteiger partial charge in [0.15, 0.2) is 11.7 Å². The summed E-state index contributed by atoms with van der Waals surface area (Å²) in [6, 6.07) is 17.0. The summed E-state index contributed by atoms with van der Waals surface area (Å²) in [5.41, 5.74) is 7.03. The average molecular weight is 447 g/mol. The molecular formula is C25H26N4O4. The molecule has 2 aromatic carbocycles. The van der Waals surface area contributed by atoms with Gasteiger partial charge in [-0.25, -0.2) is 0 Å². The van der Waals surface area contributed by atoms with E-state index in [1.165, 1.54) is 13.2 Å². The molecule has 8 heteroatoms. The molecule has 2 heterocycles. The number of guanidine groups is 1. The Morgan fingerprint density at radius 2 is 1.67 bits per heavy atom. The first kappa shape index (κ1) is 22.3. The predicted molar refractivity (Wildman–Crippen MR) is 125 cm³/mol. The number of carbonyl (C=O) groups excluding carboxylic acids is 3. The highest BCUT2D eigenvalue weighted by atomic mass is 16.3. The summed E-state index contributed by atoms with van der Waals surface area (Å²) < 4.78 is 5.17. The van der Waals surface area contributed by atoms with E-state index in [0.29, 0.717) is 26.2 Å². The van der Waals surface area contributed by atoms with E-state index in [-0.39, 0.29) is 29.8 Å². The Hall–Kier alpha value is -3.94. The number of Topliss-reactive ketones (excluding diaryl/α,β-unsaturated/α-hetero) is 1. The van der Waals surface area contributed by atoms with Crippen LogP contribution in [0, 0.1) is 5.92 Å². The number of furan rings is 1. The first-order valence-corrected chi connectivity index (χ1v) is 10.9. The number of benzene rings is 2. The van der Waals surface area contributed by atoms with Gasteiger partial charge in [0.05, 0.1) is 6.26 Å². The van der Waals surface area contributed by atoms with Crippen molar-refractivity contribution in [2.45, 2.75) is 13.3 Å². The van der Waals surface area contributed by atoms with Crippen molar-refractivity contribution in [1.82, 2.24) is 9.80 Å². The molecule has 2 amide bonds. The Labute approximate surface area is 191 Å². The van der Waals surface area contributed by atoms with Gasteiger partial charge in [0, 0.05) is 26.2 Å². The minimum Gasteiger partial charge on any atom is -0.459 e. The van der Waals surface area contributed by atoms with Gasteiger partial charge in [-0.05, 0) is 41.8 Å². The second-order valence-corrected chi connectivity index (χ2v) is 8.07. The van der Waals surface area contributed by atoms with Gasteiger partial charge in [0.25, 0.3) is 11.8 Å². The van der Waals surface area contributed by atoms with Crippen LogP contribution in [-0.4, -0.2) is 59.5 Å². The molecule has 33 heavy (non-hydrogen) atoms. The van der Waals surface area contributed by atoms with Crippen molar-refractivity contribution in [1.29, 1.82) is 0 Å². The Morgan fingerprint density at radius 3 is 2.36 bits per heavy atom. The first-order valence-electron chi connectivity index (χ1n) is 10.9. The molecule has 1 fully saturated rings. The molecule has 4 rings (SSSR count). The Kier molecular flexibility index (Phi) is 6.53. The number of rotatable bonds is 5. The molecule has 0 radical (unpaired) electrons. The number of fused-ring (bicyclic) bond motifs is 1. The molecule has 0 spiro atoms. The van der Waals surface area contributed by atoms with Crippen molar-refractivity contribution in [3.8, 4) is 0 Å². The smallest absolute Gasteiger partial charge is 0.289 e. The van der Waals surface area contributed by atoms with Gasteiger partial charge in [0.2, 0.25) is 0 Å². The fourth-order valence-corrected chi connectivity index (χ4v) is 4.05. The third-order valence-electron chi connectivity index (χ3n) is 5.94. The minimum atomic E-state index is -0.906. The van der Waals surface area contributed by atoms with Crippen LogP contribution in [0.5, 0.6) is 0 Å². The monoisotopic (exact) mass is 446 g/mol. The summed E-state index contributed by atoms with van der Waals surface area (Å²) in [7, 11) is 0. The third kappa shape index (κ3) is 4.95. The zero-order chi connectivity index (χ0) is 23.4. The van der Waals surface area contributed by atoms with Crippen molar-refractivity contribution in [2.75, 3.05) is 26.2 Å². The molecule has 0 unspecified atom stereocenters. The number of amides is 2. The zero-order valence-corrected chi connectivity index (χ0v) is 18.4. The van der Waals surface area contributed by atoms with Crippen LogP contribution in [0.4, 0.5) is 0 Å². The van der Waals surface area contributed by atoms with E-state index in [1.807, 2.05) is 42.5 Å². The van der Waals surface area contributed by atoms with E-state index in [2.05, 4.69) is 4.99 Å². The summed E-state index contributed by atoms with van der Waals surface area (Å²) >= 11 is 0. The van der Waals surface area contributed by atoms with Crippen molar-refractivity contribution in [3.63, 3.8) is 0 Å². The molecule has 1 aromatic heterocycles. The second-order valence-electron chi connectivity index (χ2n) is 8.07. The molecule has 1 atom stereocenters. The van der Waals surface area contributed by atoms with Crippen LogP contribution < -0.4 is 5.73 Å². The summed E-state index contributed by atoms with van der Waals surface area (Å²) in [5, 5.41) is 2.06. The maximum Gasteiger partial charge on any atom is 0.289 e. The quantitative estimate of drug-likeness (QED) is 0.366. The first-order chi connectivity index (χ1) is 15.9. The van der Waals surface area contributed by atoms with Crippen molar-refractivity contribution >= 4 is 34.3 Å². The number of hydrogen-bond donors (Lipinski definition) is 1. The normalized spacial score (nSPS) is 15.5. The van der Waals surface area contributed by atoms with Gasteiger partial charge in [-0.2, -0.15) is 4.99 Å². The molecule has 2 N–H and O–H groups in total. The van der Waals surface area contributed by atoms with Crippen LogP contribution in [0.1, 0.15) is 23.0 Å². The molecule has 0 bridgehead atoms. The fraction of sp³-hybridized carbons (Fsp3) is 0.280. The lowest BCUT2D eigenvalue weighted by Crippen LogP contribution is -2.52. The van der Waals surface area contributed by atoms with Crippen LogP contribution in [0.2, 0.25) is 0 Å². The van der Waals surface area contributed by atoms with E-state index < -0.39 is 11.8 Å². The van der Waals surface area contributed by atoms with Gasteiger partial charge in [-0.3, -0.25) is 14.4 Å². The number of nitrogens with two attached hydrogens (primary N) is 1.